The maximum atomic E-state index is 2.40. The van der Waals surface area contributed by atoms with Crippen molar-refractivity contribution < 1.29 is 0 Å². The highest BCUT2D eigenvalue weighted by molar-refractivity contribution is 5.10. The highest BCUT2D eigenvalue weighted by atomic mass is 14.2. The van der Waals surface area contributed by atoms with E-state index in [9.17, 15) is 0 Å². The molecule has 0 nitrogen and oxygen atoms in total. The molecule has 0 aliphatic heterocycles. The Morgan fingerprint density at radius 1 is 1.10 bits per heavy atom. The summed E-state index contributed by atoms with van der Waals surface area (Å²) in [5, 5.41) is 0. The Bertz CT molecular complexity index is 165. The molecule has 0 fully saturated rings. The van der Waals surface area contributed by atoms with Crippen LogP contribution < -0.4 is 0 Å². The molecule has 2 bridgehead atoms. The molecule has 0 radical (unpaired) electrons. The lowest BCUT2D eigenvalue weighted by Gasteiger charge is -2.10. The van der Waals surface area contributed by atoms with E-state index in [1.54, 1.807) is 0 Å². The van der Waals surface area contributed by atoms with Crippen molar-refractivity contribution in [2.45, 2.75) is 25.7 Å². The summed E-state index contributed by atoms with van der Waals surface area (Å²) in [4.78, 5) is 0. The fourth-order valence-corrected chi connectivity index (χ4v) is 1.93. The Morgan fingerprint density at radius 3 is 3.10 bits per heavy atom. The van der Waals surface area contributed by atoms with Crippen LogP contribution >= 0.6 is 0 Å². The van der Waals surface area contributed by atoms with Gasteiger partial charge in [0.1, 0.15) is 0 Å². The predicted octanol–water partition coefficient (Wildman–Crippen LogP) is 2.92. The van der Waals surface area contributed by atoms with Gasteiger partial charge in [-0.05, 0) is 37.5 Å². The highest BCUT2D eigenvalue weighted by Gasteiger charge is 2.16. The Kier molecular flexibility index (Phi) is 1.62. The van der Waals surface area contributed by atoms with Gasteiger partial charge in [-0.25, -0.2) is 0 Å². The molecular formula is C10H14. The summed E-state index contributed by atoms with van der Waals surface area (Å²) >= 11 is 0. The second-order valence-corrected chi connectivity index (χ2v) is 3.40. The average molecular weight is 134 g/mol. The van der Waals surface area contributed by atoms with Gasteiger partial charge in [0, 0.05) is 0 Å². The molecule has 0 amide bonds. The van der Waals surface area contributed by atoms with Crippen molar-refractivity contribution in [1.82, 2.24) is 0 Å². The van der Waals surface area contributed by atoms with Gasteiger partial charge < -0.3 is 0 Å². The fraction of sp³-hybridized carbons (Fsp3) is 0.600. The summed E-state index contributed by atoms with van der Waals surface area (Å²) < 4.78 is 0. The van der Waals surface area contributed by atoms with E-state index >= 15 is 0 Å². The van der Waals surface area contributed by atoms with Crippen molar-refractivity contribution in [2.24, 2.45) is 11.8 Å². The normalized spacial score (nSPS) is 40.8. The zero-order chi connectivity index (χ0) is 6.81. The molecule has 0 heterocycles. The lowest BCUT2D eigenvalue weighted by atomic mass is 9.95. The SMILES string of the molecule is C1=CC2CCC/C=C\C1C2. The highest BCUT2D eigenvalue weighted by Crippen LogP contribution is 2.30. The Morgan fingerprint density at radius 2 is 2.10 bits per heavy atom. The van der Waals surface area contributed by atoms with Crippen LogP contribution in [0.15, 0.2) is 24.3 Å². The van der Waals surface area contributed by atoms with Crippen LogP contribution in [0.5, 0.6) is 0 Å². The molecule has 0 spiro atoms. The molecule has 2 rings (SSSR count). The van der Waals surface area contributed by atoms with E-state index in [1.807, 2.05) is 0 Å². The van der Waals surface area contributed by atoms with Crippen LogP contribution in [0.4, 0.5) is 0 Å². The first-order valence-electron chi connectivity index (χ1n) is 4.30. The van der Waals surface area contributed by atoms with Crippen LogP contribution in [0.25, 0.3) is 0 Å². The van der Waals surface area contributed by atoms with Crippen molar-refractivity contribution in [3.63, 3.8) is 0 Å². The van der Waals surface area contributed by atoms with Gasteiger partial charge in [-0.1, -0.05) is 24.3 Å². The molecule has 0 saturated carbocycles. The van der Waals surface area contributed by atoms with E-state index in [-0.39, 0.29) is 0 Å². The monoisotopic (exact) mass is 134 g/mol. The van der Waals surface area contributed by atoms with Crippen LogP contribution in [0.2, 0.25) is 0 Å². The molecule has 2 unspecified atom stereocenters. The first kappa shape index (κ1) is 6.21. The quantitative estimate of drug-likeness (QED) is 0.447. The summed E-state index contributed by atoms with van der Waals surface area (Å²) in [5.41, 5.74) is 0. The summed E-state index contributed by atoms with van der Waals surface area (Å²) in [5.74, 6) is 1.69. The maximum absolute atomic E-state index is 2.40. The number of allylic oxidation sites excluding steroid dienone is 4. The van der Waals surface area contributed by atoms with Crippen LogP contribution in [-0.4, -0.2) is 0 Å². The van der Waals surface area contributed by atoms with Crippen molar-refractivity contribution in [2.75, 3.05) is 0 Å². The summed E-state index contributed by atoms with van der Waals surface area (Å²) in [6.07, 6.45) is 15.0. The molecule has 2 aliphatic carbocycles. The van der Waals surface area contributed by atoms with E-state index in [1.165, 1.54) is 25.7 Å². The minimum absolute atomic E-state index is 0.783. The standard InChI is InChI=1S/C10H14/c1-2-4-9-6-7-10(8-9)5-3-1/h2,4,6-7,9-10H,1,3,5,8H2/b4-2-. The van der Waals surface area contributed by atoms with Crippen LogP contribution in [-0.2, 0) is 0 Å². The van der Waals surface area contributed by atoms with Crippen LogP contribution in [0.1, 0.15) is 25.7 Å². The van der Waals surface area contributed by atoms with E-state index in [4.69, 9.17) is 0 Å². The zero-order valence-electron chi connectivity index (χ0n) is 6.29. The topological polar surface area (TPSA) is 0 Å². The zero-order valence-corrected chi connectivity index (χ0v) is 6.29. The summed E-state index contributed by atoms with van der Waals surface area (Å²) in [6, 6.07) is 0. The number of hydrogen-bond donors (Lipinski definition) is 0. The smallest absolute Gasteiger partial charge is 0.00478 e. The van der Waals surface area contributed by atoms with E-state index in [2.05, 4.69) is 24.3 Å². The third kappa shape index (κ3) is 1.16. The molecule has 0 aromatic heterocycles. The Balaban J connectivity index is 2.11. The summed E-state index contributed by atoms with van der Waals surface area (Å²) in [6.45, 7) is 0. The van der Waals surface area contributed by atoms with Gasteiger partial charge in [-0.3, -0.25) is 0 Å². The molecule has 2 aliphatic rings. The van der Waals surface area contributed by atoms with E-state index < -0.39 is 0 Å². The second-order valence-electron chi connectivity index (χ2n) is 3.40. The van der Waals surface area contributed by atoms with Gasteiger partial charge >= 0.3 is 0 Å². The third-order valence-electron chi connectivity index (χ3n) is 2.53. The first-order valence-corrected chi connectivity index (χ1v) is 4.30. The molecule has 0 aromatic carbocycles. The minimum Gasteiger partial charge on any atom is -0.0879 e. The fourth-order valence-electron chi connectivity index (χ4n) is 1.93. The van der Waals surface area contributed by atoms with Crippen LogP contribution in [0.3, 0.4) is 0 Å². The van der Waals surface area contributed by atoms with Crippen molar-refractivity contribution in [3.05, 3.63) is 24.3 Å². The molecule has 54 valence electrons. The molecule has 0 saturated heterocycles. The molecule has 2 atom stereocenters. The average Bonchev–Trinajstić information content (AvgIpc) is 2.30. The van der Waals surface area contributed by atoms with Gasteiger partial charge in [-0.15, -0.1) is 0 Å². The molecular weight excluding hydrogens is 120 g/mol. The van der Waals surface area contributed by atoms with Gasteiger partial charge in [-0.2, -0.15) is 0 Å². The van der Waals surface area contributed by atoms with Crippen LogP contribution in [0, 0.1) is 11.8 Å². The predicted molar refractivity (Wildman–Crippen MR) is 43.7 cm³/mol. The Hall–Kier alpha value is -0.520. The minimum atomic E-state index is 0.783. The van der Waals surface area contributed by atoms with Gasteiger partial charge in [0.2, 0.25) is 0 Å². The third-order valence-corrected chi connectivity index (χ3v) is 2.53. The number of rotatable bonds is 0. The van der Waals surface area contributed by atoms with Gasteiger partial charge in [0.15, 0.2) is 0 Å². The molecule has 0 heteroatoms. The second kappa shape index (κ2) is 2.61. The Labute approximate surface area is 62.6 Å². The molecule has 0 aromatic rings. The lowest BCUT2D eigenvalue weighted by Crippen LogP contribution is -1.98. The number of fused-ring (bicyclic) bond motifs is 2. The van der Waals surface area contributed by atoms with Gasteiger partial charge in [0.25, 0.3) is 0 Å². The number of hydrogen-bond acceptors (Lipinski definition) is 0. The lowest BCUT2D eigenvalue weighted by molar-refractivity contribution is 0.511. The largest absolute Gasteiger partial charge is 0.0879 e. The van der Waals surface area contributed by atoms with Crippen molar-refractivity contribution >= 4 is 0 Å². The molecule has 0 N–H and O–H groups in total. The van der Waals surface area contributed by atoms with Crippen molar-refractivity contribution in [3.8, 4) is 0 Å². The van der Waals surface area contributed by atoms with Gasteiger partial charge in [0.05, 0.1) is 0 Å². The van der Waals surface area contributed by atoms with Crippen molar-refractivity contribution in [1.29, 1.82) is 0 Å². The first-order chi connectivity index (χ1) is 4.95. The summed E-state index contributed by atoms with van der Waals surface area (Å²) in [7, 11) is 0. The van der Waals surface area contributed by atoms with E-state index in [0.29, 0.717) is 0 Å². The maximum Gasteiger partial charge on any atom is -0.00478 e. The molecule has 10 heavy (non-hydrogen) atoms. The van der Waals surface area contributed by atoms with E-state index in [0.717, 1.165) is 11.8 Å².